The summed E-state index contributed by atoms with van der Waals surface area (Å²) in [5, 5.41) is 0. The van der Waals surface area contributed by atoms with E-state index in [1.54, 1.807) is 36.4 Å². The molecule has 2 aromatic carbocycles. The van der Waals surface area contributed by atoms with Crippen LogP contribution in [0.2, 0.25) is 0 Å². The van der Waals surface area contributed by atoms with Gasteiger partial charge in [-0.2, -0.15) is 0 Å². The molecule has 0 bridgehead atoms. The third kappa shape index (κ3) is 4.10. The Morgan fingerprint density at radius 1 is 0.957 bits per heavy atom. The molecule has 0 aliphatic rings. The smallest absolute Gasteiger partial charge is 0.337 e. The van der Waals surface area contributed by atoms with E-state index in [9.17, 15) is 9.59 Å². The molecule has 2 aromatic rings. The normalized spacial score (nSPS) is 10.0. The summed E-state index contributed by atoms with van der Waals surface area (Å²) in [6.45, 7) is 1.76. The molecule has 2 rings (SSSR count). The minimum absolute atomic E-state index is 0.0411. The van der Waals surface area contributed by atoms with Crippen molar-refractivity contribution in [3.63, 3.8) is 0 Å². The van der Waals surface area contributed by atoms with E-state index < -0.39 is 5.97 Å². The van der Waals surface area contributed by atoms with Gasteiger partial charge in [-0.05, 0) is 42.8 Å². The van der Waals surface area contributed by atoms with Crippen molar-refractivity contribution in [2.75, 3.05) is 14.2 Å². The number of Topliss-reactive ketones (excluding diaryl/α,β-unsaturated/α-hetero) is 1. The molecule has 5 nitrogen and oxygen atoms in total. The van der Waals surface area contributed by atoms with E-state index >= 15 is 0 Å². The Balaban J connectivity index is 2.14. The van der Waals surface area contributed by atoms with Crippen molar-refractivity contribution >= 4 is 11.8 Å². The highest BCUT2D eigenvalue weighted by molar-refractivity contribution is 5.94. The first kappa shape index (κ1) is 16.5. The summed E-state index contributed by atoms with van der Waals surface area (Å²) >= 11 is 0. The molecule has 0 spiro atoms. The third-order valence-electron chi connectivity index (χ3n) is 3.31. The first-order valence-electron chi connectivity index (χ1n) is 7.04. The number of esters is 1. The van der Waals surface area contributed by atoms with Crippen LogP contribution >= 0.6 is 0 Å². The van der Waals surface area contributed by atoms with Gasteiger partial charge in [0, 0.05) is 5.56 Å². The summed E-state index contributed by atoms with van der Waals surface area (Å²) in [7, 11) is 2.86. The number of hydrogen-bond donors (Lipinski definition) is 0. The molecule has 0 aliphatic carbocycles. The van der Waals surface area contributed by atoms with Gasteiger partial charge in [0.15, 0.2) is 17.3 Å². The number of ether oxygens (including phenoxy) is 3. The van der Waals surface area contributed by atoms with Crippen LogP contribution in [0.1, 0.15) is 33.2 Å². The molecule has 5 heteroatoms. The zero-order valence-corrected chi connectivity index (χ0v) is 13.3. The number of carbonyl (C=O) groups excluding carboxylic acids is 2. The minimum Gasteiger partial charge on any atom is -0.493 e. The van der Waals surface area contributed by atoms with Crippen LogP contribution in [0.15, 0.2) is 42.5 Å². The molecule has 0 aliphatic heterocycles. The Morgan fingerprint density at radius 3 is 2.39 bits per heavy atom. The lowest BCUT2D eigenvalue weighted by Crippen LogP contribution is -2.03. The maximum Gasteiger partial charge on any atom is 0.337 e. The molecular weight excluding hydrogens is 296 g/mol. The van der Waals surface area contributed by atoms with Crippen molar-refractivity contribution in [2.45, 2.75) is 13.5 Å². The molecule has 0 radical (unpaired) electrons. The fourth-order valence-electron chi connectivity index (χ4n) is 2.07. The van der Waals surface area contributed by atoms with Crippen molar-refractivity contribution in [3.8, 4) is 11.5 Å². The first-order valence-corrected chi connectivity index (χ1v) is 7.04. The molecule has 0 aromatic heterocycles. The fraction of sp³-hybridized carbons (Fsp3) is 0.222. The van der Waals surface area contributed by atoms with Gasteiger partial charge in [0.25, 0.3) is 0 Å². The van der Waals surface area contributed by atoms with Gasteiger partial charge in [0.05, 0.1) is 19.8 Å². The molecule has 0 unspecified atom stereocenters. The van der Waals surface area contributed by atoms with Crippen molar-refractivity contribution in [1.29, 1.82) is 0 Å². The van der Waals surface area contributed by atoms with Gasteiger partial charge < -0.3 is 14.2 Å². The zero-order chi connectivity index (χ0) is 16.8. The van der Waals surface area contributed by atoms with Gasteiger partial charge in [0.2, 0.25) is 0 Å². The summed E-state index contributed by atoms with van der Waals surface area (Å²) in [5.74, 6) is 0.582. The average molecular weight is 314 g/mol. The second-order valence-electron chi connectivity index (χ2n) is 4.90. The second-order valence-corrected chi connectivity index (χ2v) is 4.90. The third-order valence-corrected chi connectivity index (χ3v) is 3.31. The van der Waals surface area contributed by atoms with Gasteiger partial charge in [-0.1, -0.05) is 12.1 Å². The van der Waals surface area contributed by atoms with Crippen LogP contribution in [-0.4, -0.2) is 26.0 Å². The number of ketones is 1. The van der Waals surface area contributed by atoms with Crippen molar-refractivity contribution in [3.05, 3.63) is 59.2 Å². The highest BCUT2D eigenvalue weighted by Crippen LogP contribution is 2.29. The molecule has 0 atom stereocenters. The molecule has 23 heavy (non-hydrogen) atoms. The molecule has 0 fully saturated rings. The summed E-state index contributed by atoms with van der Waals surface area (Å²) in [5.41, 5.74) is 1.85. The minimum atomic E-state index is -0.393. The largest absolute Gasteiger partial charge is 0.493 e. The van der Waals surface area contributed by atoms with Crippen LogP contribution in [0.5, 0.6) is 11.5 Å². The molecule has 0 saturated heterocycles. The van der Waals surface area contributed by atoms with Gasteiger partial charge in [-0.3, -0.25) is 4.79 Å². The van der Waals surface area contributed by atoms with Crippen LogP contribution in [0, 0.1) is 0 Å². The Kier molecular flexibility index (Phi) is 5.36. The topological polar surface area (TPSA) is 61.8 Å². The van der Waals surface area contributed by atoms with Gasteiger partial charge >= 0.3 is 5.97 Å². The standard InChI is InChI=1S/C18H18O5/c1-12(19)14-7-8-16(17(10-14)21-2)23-11-13-5-4-6-15(9-13)18(20)22-3/h4-10H,11H2,1-3H3. The maximum atomic E-state index is 11.5. The quantitative estimate of drug-likeness (QED) is 0.605. The van der Waals surface area contributed by atoms with E-state index in [2.05, 4.69) is 0 Å². The van der Waals surface area contributed by atoms with Gasteiger partial charge in [0.1, 0.15) is 6.61 Å². The van der Waals surface area contributed by atoms with E-state index in [1.165, 1.54) is 21.1 Å². The Hall–Kier alpha value is -2.82. The van der Waals surface area contributed by atoms with Crippen molar-refractivity contribution in [1.82, 2.24) is 0 Å². The Morgan fingerprint density at radius 2 is 1.74 bits per heavy atom. The van der Waals surface area contributed by atoms with E-state index in [0.717, 1.165) is 5.56 Å². The molecule has 120 valence electrons. The van der Waals surface area contributed by atoms with Crippen LogP contribution in [0.25, 0.3) is 0 Å². The van der Waals surface area contributed by atoms with E-state index in [0.29, 0.717) is 22.6 Å². The SMILES string of the molecule is COC(=O)c1cccc(COc2ccc(C(C)=O)cc2OC)c1. The van der Waals surface area contributed by atoms with Crippen molar-refractivity contribution in [2.24, 2.45) is 0 Å². The lowest BCUT2D eigenvalue weighted by Gasteiger charge is -2.12. The van der Waals surface area contributed by atoms with E-state index in [-0.39, 0.29) is 12.4 Å². The van der Waals surface area contributed by atoms with E-state index in [1.807, 2.05) is 6.07 Å². The number of carbonyl (C=O) groups is 2. The van der Waals surface area contributed by atoms with Crippen molar-refractivity contribution < 1.29 is 23.8 Å². The molecule has 0 amide bonds. The van der Waals surface area contributed by atoms with Crippen LogP contribution in [0.4, 0.5) is 0 Å². The number of hydrogen-bond acceptors (Lipinski definition) is 5. The Labute approximate surface area is 134 Å². The van der Waals surface area contributed by atoms with Crippen LogP contribution < -0.4 is 9.47 Å². The number of methoxy groups -OCH3 is 2. The molecular formula is C18H18O5. The molecule has 0 heterocycles. The fourth-order valence-corrected chi connectivity index (χ4v) is 2.07. The lowest BCUT2D eigenvalue weighted by atomic mass is 10.1. The average Bonchev–Trinajstić information content (AvgIpc) is 2.59. The van der Waals surface area contributed by atoms with Crippen LogP contribution in [0.3, 0.4) is 0 Å². The number of rotatable bonds is 6. The highest BCUT2D eigenvalue weighted by atomic mass is 16.5. The zero-order valence-electron chi connectivity index (χ0n) is 13.3. The molecule has 0 saturated carbocycles. The summed E-state index contributed by atoms with van der Waals surface area (Å²) < 4.78 is 15.7. The number of benzene rings is 2. The maximum absolute atomic E-state index is 11.5. The van der Waals surface area contributed by atoms with Gasteiger partial charge in [-0.15, -0.1) is 0 Å². The Bertz CT molecular complexity index is 721. The predicted molar refractivity (Wildman–Crippen MR) is 85.1 cm³/mol. The predicted octanol–water partition coefficient (Wildman–Crippen LogP) is 3.26. The molecule has 0 N–H and O–H groups in total. The monoisotopic (exact) mass is 314 g/mol. The van der Waals surface area contributed by atoms with E-state index in [4.69, 9.17) is 14.2 Å². The summed E-state index contributed by atoms with van der Waals surface area (Å²) in [6.07, 6.45) is 0. The summed E-state index contributed by atoms with van der Waals surface area (Å²) in [6, 6.07) is 12.0. The van der Waals surface area contributed by atoms with Crippen LogP contribution in [-0.2, 0) is 11.3 Å². The second kappa shape index (κ2) is 7.45. The highest BCUT2D eigenvalue weighted by Gasteiger charge is 2.10. The lowest BCUT2D eigenvalue weighted by molar-refractivity contribution is 0.0600. The summed E-state index contributed by atoms with van der Waals surface area (Å²) in [4.78, 5) is 22.9. The first-order chi connectivity index (χ1) is 11.0. The van der Waals surface area contributed by atoms with Gasteiger partial charge in [-0.25, -0.2) is 4.79 Å².